The third-order valence-electron chi connectivity index (χ3n) is 2.63. The molecule has 1 aliphatic heterocycles. The van der Waals surface area contributed by atoms with Crippen molar-refractivity contribution in [3.63, 3.8) is 0 Å². The fourth-order valence-corrected chi connectivity index (χ4v) is 2.39. The standard InChI is InChI=1S/C12H16BrNO/c1-2-6-14-10-7-9-4-3-5-11(13)12(9)15-8-10/h3-5,10,14H,2,6-8H2,1H3. The van der Waals surface area contributed by atoms with Crippen molar-refractivity contribution in [2.24, 2.45) is 0 Å². The first-order valence-electron chi connectivity index (χ1n) is 5.45. The fraction of sp³-hybridized carbons (Fsp3) is 0.500. The van der Waals surface area contributed by atoms with Crippen LogP contribution in [0.5, 0.6) is 5.75 Å². The number of benzene rings is 1. The first-order valence-corrected chi connectivity index (χ1v) is 6.24. The highest BCUT2D eigenvalue weighted by Gasteiger charge is 2.20. The zero-order valence-electron chi connectivity index (χ0n) is 8.92. The molecule has 0 spiro atoms. The van der Waals surface area contributed by atoms with E-state index in [9.17, 15) is 0 Å². The van der Waals surface area contributed by atoms with E-state index in [4.69, 9.17) is 4.74 Å². The van der Waals surface area contributed by atoms with Crippen molar-refractivity contribution in [3.05, 3.63) is 28.2 Å². The molecule has 1 unspecified atom stereocenters. The number of hydrogen-bond donors (Lipinski definition) is 1. The van der Waals surface area contributed by atoms with Crippen LogP contribution in [0.4, 0.5) is 0 Å². The van der Waals surface area contributed by atoms with Crippen LogP contribution in [-0.2, 0) is 6.42 Å². The highest BCUT2D eigenvalue weighted by atomic mass is 79.9. The molecule has 1 aromatic carbocycles. The molecule has 2 nitrogen and oxygen atoms in total. The molecule has 0 saturated carbocycles. The summed E-state index contributed by atoms with van der Waals surface area (Å²) in [5.74, 6) is 1.02. The smallest absolute Gasteiger partial charge is 0.136 e. The van der Waals surface area contributed by atoms with Crippen LogP contribution in [0, 0.1) is 0 Å². The van der Waals surface area contributed by atoms with Gasteiger partial charge in [0.2, 0.25) is 0 Å². The Bertz CT molecular complexity index is 340. The van der Waals surface area contributed by atoms with Gasteiger partial charge in [-0.05, 0) is 46.9 Å². The molecule has 0 bridgehead atoms. The van der Waals surface area contributed by atoms with Crippen molar-refractivity contribution in [2.75, 3.05) is 13.2 Å². The highest BCUT2D eigenvalue weighted by molar-refractivity contribution is 9.10. The topological polar surface area (TPSA) is 21.3 Å². The Kier molecular flexibility index (Phi) is 3.65. The van der Waals surface area contributed by atoms with E-state index in [0.29, 0.717) is 6.04 Å². The lowest BCUT2D eigenvalue weighted by atomic mass is 10.0. The first kappa shape index (κ1) is 11.0. The summed E-state index contributed by atoms with van der Waals surface area (Å²) in [5, 5.41) is 3.49. The average molecular weight is 270 g/mol. The van der Waals surface area contributed by atoms with Crippen LogP contribution < -0.4 is 10.1 Å². The van der Waals surface area contributed by atoms with Crippen LogP contribution in [0.2, 0.25) is 0 Å². The molecule has 3 heteroatoms. The van der Waals surface area contributed by atoms with Gasteiger partial charge in [0.15, 0.2) is 0 Å². The van der Waals surface area contributed by atoms with Gasteiger partial charge in [0.05, 0.1) is 4.47 Å². The molecular formula is C12H16BrNO. The van der Waals surface area contributed by atoms with E-state index in [1.807, 2.05) is 6.07 Å². The minimum Gasteiger partial charge on any atom is -0.490 e. The van der Waals surface area contributed by atoms with E-state index in [0.717, 1.165) is 29.8 Å². The van der Waals surface area contributed by atoms with Crippen molar-refractivity contribution < 1.29 is 4.74 Å². The Balaban J connectivity index is 2.07. The summed E-state index contributed by atoms with van der Waals surface area (Å²) in [6, 6.07) is 6.69. The van der Waals surface area contributed by atoms with E-state index in [2.05, 4.69) is 40.3 Å². The molecule has 0 saturated heterocycles. The normalized spacial score (nSPS) is 19.5. The molecule has 1 N–H and O–H groups in total. The molecule has 1 heterocycles. The third kappa shape index (κ3) is 2.52. The Labute approximate surface area is 99.1 Å². The summed E-state index contributed by atoms with van der Waals surface area (Å²) in [7, 11) is 0. The Morgan fingerprint density at radius 3 is 3.20 bits per heavy atom. The second-order valence-corrected chi connectivity index (χ2v) is 4.75. The average Bonchev–Trinajstić information content (AvgIpc) is 2.26. The van der Waals surface area contributed by atoms with Gasteiger partial charge in [-0.2, -0.15) is 0 Å². The van der Waals surface area contributed by atoms with Gasteiger partial charge in [0, 0.05) is 6.04 Å². The monoisotopic (exact) mass is 269 g/mol. The zero-order valence-corrected chi connectivity index (χ0v) is 10.5. The molecule has 1 aromatic rings. The second kappa shape index (κ2) is 4.99. The van der Waals surface area contributed by atoms with Crippen LogP contribution in [0.25, 0.3) is 0 Å². The minimum atomic E-state index is 0.465. The van der Waals surface area contributed by atoms with Crippen LogP contribution in [0.15, 0.2) is 22.7 Å². The van der Waals surface area contributed by atoms with Gasteiger partial charge in [-0.25, -0.2) is 0 Å². The number of nitrogens with one attached hydrogen (secondary N) is 1. The maximum Gasteiger partial charge on any atom is 0.136 e. The lowest BCUT2D eigenvalue weighted by molar-refractivity contribution is 0.238. The van der Waals surface area contributed by atoms with E-state index in [1.165, 1.54) is 12.0 Å². The molecule has 1 atom stereocenters. The molecular weight excluding hydrogens is 254 g/mol. The van der Waals surface area contributed by atoms with Gasteiger partial charge in [0.25, 0.3) is 0 Å². The van der Waals surface area contributed by atoms with E-state index in [1.54, 1.807) is 0 Å². The molecule has 82 valence electrons. The van der Waals surface area contributed by atoms with Crippen LogP contribution in [0.3, 0.4) is 0 Å². The number of ether oxygens (including phenoxy) is 1. The number of fused-ring (bicyclic) bond motifs is 1. The number of halogens is 1. The van der Waals surface area contributed by atoms with Crippen LogP contribution in [-0.4, -0.2) is 19.2 Å². The van der Waals surface area contributed by atoms with E-state index in [-0.39, 0.29) is 0 Å². The summed E-state index contributed by atoms with van der Waals surface area (Å²) in [4.78, 5) is 0. The highest BCUT2D eigenvalue weighted by Crippen LogP contribution is 2.32. The van der Waals surface area contributed by atoms with Crippen molar-refractivity contribution >= 4 is 15.9 Å². The quantitative estimate of drug-likeness (QED) is 0.911. The molecule has 2 rings (SSSR count). The molecule has 0 aromatic heterocycles. The Morgan fingerprint density at radius 1 is 1.53 bits per heavy atom. The summed E-state index contributed by atoms with van der Waals surface area (Å²) >= 11 is 3.51. The fourth-order valence-electron chi connectivity index (χ4n) is 1.86. The van der Waals surface area contributed by atoms with E-state index < -0.39 is 0 Å². The summed E-state index contributed by atoms with van der Waals surface area (Å²) < 4.78 is 6.82. The van der Waals surface area contributed by atoms with Crippen molar-refractivity contribution in [1.82, 2.24) is 5.32 Å². The predicted molar refractivity (Wildman–Crippen MR) is 65.4 cm³/mol. The Hall–Kier alpha value is -0.540. The molecule has 0 aliphatic carbocycles. The number of para-hydroxylation sites is 1. The van der Waals surface area contributed by atoms with Gasteiger partial charge >= 0.3 is 0 Å². The predicted octanol–water partition coefficient (Wildman–Crippen LogP) is 2.75. The van der Waals surface area contributed by atoms with Crippen LogP contribution in [0.1, 0.15) is 18.9 Å². The molecule has 15 heavy (non-hydrogen) atoms. The summed E-state index contributed by atoms with van der Waals surface area (Å²) in [6.45, 7) is 4.02. The molecule has 0 amide bonds. The Morgan fingerprint density at radius 2 is 2.40 bits per heavy atom. The second-order valence-electron chi connectivity index (χ2n) is 3.89. The summed E-state index contributed by atoms with van der Waals surface area (Å²) in [6.07, 6.45) is 2.23. The van der Waals surface area contributed by atoms with Crippen molar-refractivity contribution in [3.8, 4) is 5.75 Å². The maximum absolute atomic E-state index is 5.75. The number of rotatable bonds is 3. The van der Waals surface area contributed by atoms with Gasteiger partial charge in [-0.15, -0.1) is 0 Å². The SMILES string of the molecule is CCCNC1COc2c(Br)cccc2C1. The first-order chi connectivity index (χ1) is 7.31. The third-order valence-corrected chi connectivity index (χ3v) is 3.25. The summed E-state index contributed by atoms with van der Waals surface area (Å²) in [5.41, 5.74) is 1.30. The lowest BCUT2D eigenvalue weighted by Crippen LogP contribution is -2.39. The minimum absolute atomic E-state index is 0.465. The largest absolute Gasteiger partial charge is 0.490 e. The van der Waals surface area contributed by atoms with Crippen LogP contribution >= 0.6 is 15.9 Å². The molecule has 0 fully saturated rings. The number of hydrogen-bond acceptors (Lipinski definition) is 2. The lowest BCUT2D eigenvalue weighted by Gasteiger charge is -2.26. The van der Waals surface area contributed by atoms with Gasteiger partial charge in [-0.3, -0.25) is 0 Å². The van der Waals surface area contributed by atoms with Crippen molar-refractivity contribution in [2.45, 2.75) is 25.8 Å². The zero-order chi connectivity index (χ0) is 10.7. The van der Waals surface area contributed by atoms with Gasteiger partial charge in [-0.1, -0.05) is 19.1 Å². The van der Waals surface area contributed by atoms with E-state index >= 15 is 0 Å². The molecule has 1 aliphatic rings. The van der Waals surface area contributed by atoms with Crippen molar-refractivity contribution in [1.29, 1.82) is 0 Å². The van der Waals surface area contributed by atoms with Gasteiger partial charge < -0.3 is 10.1 Å². The van der Waals surface area contributed by atoms with Gasteiger partial charge in [0.1, 0.15) is 12.4 Å². The molecule has 0 radical (unpaired) electrons. The maximum atomic E-state index is 5.75.